The Bertz CT molecular complexity index is 275. The third-order valence-corrected chi connectivity index (χ3v) is 3.85. The second-order valence-corrected chi connectivity index (χ2v) is 6.03. The summed E-state index contributed by atoms with van der Waals surface area (Å²) < 4.78 is 57.3. The number of rotatable bonds is 8. The van der Waals surface area contributed by atoms with E-state index in [0.29, 0.717) is 13.0 Å². The number of alkyl halides is 3. The van der Waals surface area contributed by atoms with Crippen molar-refractivity contribution in [1.29, 1.82) is 0 Å². The van der Waals surface area contributed by atoms with Gasteiger partial charge in [0.15, 0.2) is 0 Å². The van der Waals surface area contributed by atoms with Crippen molar-refractivity contribution in [3.05, 3.63) is 0 Å². The van der Waals surface area contributed by atoms with Gasteiger partial charge in [-0.15, -0.1) is 0 Å². The smallest absolute Gasteiger partial charge is 0.317 e. The van der Waals surface area contributed by atoms with Crippen LogP contribution in [0.2, 0.25) is 0 Å². The maximum absolute atomic E-state index is 11.7. The third-order valence-electron chi connectivity index (χ3n) is 2.06. The fraction of sp³-hybridized carbons (Fsp3) is 1.00. The van der Waals surface area contributed by atoms with E-state index in [0.717, 1.165) is 0 Å². The van der Waals surface area contributed by atoms with Gasteiger partial charge in [0, 0.05) is 12.2 Å². The van der Waals surface area contributed by atoms with E-state index in [1.807, 2.05) is 0 Å². The van der Waals surface area contributed by atoms with E-state index in [4.69, 9.17) is 0 Å². The summed E-state index contributed by atoms with van der Waals surface area (Å²) in [6.07, 6.45) is -4.42. The molecule has 0 aliphatic rings. The summed E-state index contributed by atoms with van der Waals surface area (Å²) in [6.45, 7) is 2.29. The molecule has 0 aliphatic heterocycles. The highest BCUT2D eigenvalue weighted by atomic mass is 32.2. The first-order chi connectivity index (χ1) is 7.27. The van der Waals surface area contributed by atoms with Gasteiger partial charge in [-0.25, -0.2) is 8.42 Å². The maximum Gasteiger partial charge on any atom is 0.389 e. The van der Waals surface area contributed by atoms with Gasteiger partial charge in [0.05, 0.1) is 5.75 Å². The Morgan fingerprint density at radius 2 is 1.69 bits per heavy atom. The van der Waals surface area contributed by atoms with Gasteiger partial charge in [-0.05, 0) is 25.9 Å². The second-order valence-electron chi connectivity index (χ2n) is 3.56. The Morgan fingerprint density at radius 1 is 1.12 bits per heavy atom. The fourth-order valence-corrected chi connectivity index (χ4v) is 1.97. The lowest BCUT2D eigenvalue weighted by Crippen LogP contribution is -2.21. The monoisotopic (exact) mass is 261 g/mol. The highest BCUT2D eigenvalue weighted by molar-refractivity contribution is 7.91. The molecule has 0 aliphatic carbocycles. The van der Waals surface area contributed by atoms with E-state index < -0.39 is 22.4 Å². The molecule has 0 saturated carbocycles. The average Bonchev–Trinajstić information content (AvgIpc) is 2.14. The summed E-state index contributed by atoms with van der Waals surface area (Å²) >= 11 is 0. The molecule has 0 radical (unpaired) electrons. The first kappa shape index (κ1) is 15.7. The van der Waals surface area contributed by atoms with Crippen LogP contribution in [0.1, 0.15) is 26.2 Å². The zero-order chi connectivity index (χ0) is 12.7. The molecule has 0 amide bonds. The lowest BCUT2D eigenvalue weighted by atomic mass is 10.3. The van der Waals surface area contributed by atoms with Crippen LogP contribution in [0.15, 0.2) is 0 Å². The number of hydrogen-bond acceptors (Lipinski definition) is 3. The van der Waals surface area contributed by atoms with Crippen molar-refractivity contribution in [3.8, 4) is 0 Å². The van der Waals surface area contributed by atoms with Crippen LogP contribution in [-0.2, 0) is 9.84 Å². The molecule has 1 N–H and O–H groups in total. The highest BCUT2D eigenvalue weighted by Gasteiger charge is 2.25. The molecular formula is C9H18F3NO2S. The quantitative estimate of drug-likeness (QED) is 0.677. The molecule has 0 atom stereocenters. The summed E-state index contributed by atoms with van der Waals surface area (Å²) in [5.74, 6) is 0.205. The Kier molecular flexibility index (Phi) is 6.98. The van der Waals surface area contributed by atoms with E-state index in [1.165, 1.54) is 0 Å². The molecule has 0 saturated heterocycles. The van der Waals surface area contributed by atoms with Crippen LogP contribution in [0.25, 0.3) is 0 Å². The molecule has 0 heterocycles. The Balaban J connectivity index is 3.36. The van der Waals surface area contributed by atoms with Crippen molar-refractivity contribution in [1.82, 2.24) is 5.32 Å². The second kappa shape index (κ2) is 7.11. The molecule has 3 nitrogen and oxygen atoms in total. The van der Waals surface area contributed by atoms with Crippen LogP contribution in [0, 0.1) is 0 Å². The Hall–Kier alpha value is -0.300. The summed E-state index contributed by atoms with van der Waals surface area (Å²) in [4.78, 5) is 0. The van der Waals surface area contributed by atoms with Crippen LogP contribution in [0.5, 0.6) is 0 Å². The first-order valence-electron chi connectivity index (χ1n) is 5.25. The maximum atomic E-state index is 11.7. The minimum Gasteiger partial charge on any atom is -0.317 e. The summed E-state index contributed by atoms with van der Waals surface area (Å²) in [5, 5.41) is 2.79. The lowest BCUT2D eigenvalue weighted by molar-refractivity contribution is -0.135. The van der Waals surface area contributed by atoms with Gasteiger partial charge in [0.2, 0.25) is 0 Å². The third kappa shape index (κ3) is 10.2. The van der Waals surface area contributed by atoms with E-state index in [-0.39, 0.29) is 24.5 Å². The summed E-state index contributed by atoms with van der Waals surface area (Å²) in [7, 11) is -2.96. The molecule has 16 heavy (non-hydrogen) atoms. The Labute approximate surface area is 94.3 Å². The SMILES string of the molecule is CCS(=O)(=O)CCCNCCCC(F)(F)F. The zero-order valence-electron chi connectivity index (χ0n) is 9.31. The molecule has 0 aromatic carbocycles. The fourth-order valence-electron chi connectivity index (χ4n) is 1.10. The first-order valence-corrected chi connectivity index (χ1v) is 7.07. The van der Waals surface area contributed by atoms with Crippen molar-refractivity contribution < 1.29 is 21.6 Å². The van der Waals surface area contributed by atoms with Crippen LogP contribution in [0.4, 0.5) is 13.2 Å². The topological polar surface area (TPSA) is 46.2 Å². The molecule has 0 unspecified atom stereocenters. The minimum atomic E-state index is -4.10. The van der Waals surface area contributed by atoms with Gasteiger partial charge < -0.3 is 5.32 Å². The number of halogens is 3. The molecule has 0 aromatic rings. The number of sulfone groups is 1. The van der Waals surface area contributed by atoms with Crippen LogP contribution < -0.4 is 5.32 Å². The van der Waals surface area contributed by atoms with Gasteiger partial charge in [0.25, 0.3) is 0 Å². The minimum absolute atomic E-state index is 0.0318. The van der Waals surface area contributed by atoms with Crippen LogP contribution in [-0.4, -0.2) is 39.2 Å². The van der Waals surface area contributed by atoms with Crippen molar-refractivity contribution in [2.45, 2.75) is 32.4 Å². The molecule has 0 bridgehead atoms. The van der Waals surface area contributed by atoms with Crippen molar-refractivity contribution in [3.63, 3.8) is 0 Å². The largest absolute Gasteiger partial charge is 0.389 e. The molecular weight excluding hydrogens is 243 g/mol. The average molecular weight is 261 g/mol. The van der Waals surface area contributed by atoms with E-state index in [2.05, 4.69) is 5.32 Å². The van der Waals surface area contributed by atoms with Gasteiger partial charge in [-0.2, -0.15) is 13.2 Å². The molecule has 0 rings (SSSR count). The zero-order valence-corrected chi connectivity index (χ0v) is 10.1. The lowest BCUT2D eigenvalue weighted by Gasteiger charge is -2.07. The highest BCUT2D eigenvalue weighted by Crippen LogP contribution is 2.20. The van der Waals surface area contributed by atoms with Crippen LogP contribution in [0.3, 0.4) is 0 Å². The van der Waals surface area contributed by atoms with Gasteiger partial charge >= 0.3 is 6.18 Å². The van der Waals surface area contributed by atoms with Gasteiger partial charge in [-0.3, -0.25) is 0 Å². The predicted molar refractivity (Wildman–Crippen MR) is 57.1 cm³/mol. The van der Waals surface area contributed by atoms with Crippen LogP contribution >= 0.6 is 0 Å². The van der Waals surface area contributed by atoms with E-state index in [1.54, 1.807) is 6.92 Å². The van der Waals surface area contributed by atoms with Crippen molar-refractivity contribution in [2.75, 3.05) is 24.6 Å². The summed E-state index contributed by atoms with van der Waals surface area (Å²) in [6, 6.07) is 0. The van der Waals surface area contributed by atoms with E-state index in [9.17, 15) is 21.6 Å². The molecule has 98 valence electrons. The molecule has 7 heteroatoms. The molecule has 0 aromatic heterocycles. The van der Waals surface area contributed by atoms with Crippen molar-refractivity contribution in [2.24, 2.45) is 0 Å². The summed E-state index contributed by atoms with van der Waals surface area (Å²) in [5.41, 5.74) is 0. The number of hydrogen-bond donors (Lipinski definition) is 1. The van der Waals surface area contributed by atoms with Gasteiger partial charge in [0.1, 0.15) is 9.84 Å². The van der Waals surface area contributed by atoms with Crippen molar-refractivity contribution >= 4 is 9.84 Å². The van der Waals surface area contributed by atoms with E-state index >= 15 is 0 Å². The van der Waals surface area contributed by atoms with Gasteiger partial charge in [-0.1, -0.05) is 6.92 Å². The molecule has 0 fully saturated rings. The Morgan fingerprint density at radius 3 is 2.19 bits per heavy atom. The molecule has 0 spiro atoms. The predicted octanol–water partition coefficient (Wildman–Crippen LogP) is 1.74. The number of nitrogens with one attached hydrogen (secondary N) is 1. The standard InChI is InChI=1S/C9H18F3NO2S/c1-2-16(14,15)8-4-7-13-6-3-5-9(10,11)12/h13H,2-8H2,1H3. The normalized spacial score (nSPS) is 13.0.